The average Bonchev–Trinajstić information content (AvgIpc) is 2.40. The third-order valence-electron chi connectivity index (χ3n) is 4.35. The van der Waals surface area contributed by atoms with E-state index in [0.717, 1.165) is 11.1 Å². The monoisotopic (exact) mass is 265 g/mol. The maximum absolute atomic E-state index is 13.3. The molecule has 0 aromatic heterocycles. The zero-order valence-corrected chi connectivity index (χ0v) is 11.3. The van der Waals surface area contributed by atoms with Crippen LogP contribution in [0.4, 0.5) is 8.78 Å². The van der Waals surface area contributed by atoms with Gasteiger partial charge in [-0.2, -0.15) is 0 Å². The summed E-state index contributed by atoms with van der Waals surface area (Å²) in [7, 11) is 0. The highest BCUT2D eigenvalue weighted by Crippen LogP contribution is 2.47. The van der Waals surface area contributed by atoms with Crippen LogP contribution in [0.3, 0.4) is 0 Å². The molecular formula is C16H21F2N. The minimum atomic E-state index is -2.51. The van der Waals surface area contributed by atoms with E-state index >= 15 is 0 Å². The largest absolute Gasteiger partial charge is 0.330 e. The van der Waals surface area contributed by atoms with Crippen LogP contribution in [0.5, 0.6) is 0 Å². The number of rotatable bonds is 3. The van der Waals surface area contributed by atoms with Gasteiger partial charge >= 0.3 is 0 Å². The molecule has 2 rings (SSSR count). The van der Waals surface area contributed by atoms with Crippen molar-refractivity contribution in [3.63, 3.8) is 0 Å². The van der Waals surface area contributed by atoms with Gasteiger partial charge in [-0.05, 0) is 25.3 Å². The van der Waals surface area contributed by atoms with E-state index in [1.54, 1.807) is 0 Å². The lowest BCUT2D eigenvalue weighted by atomic mass is 9.68. The number of halogens is 2. The molecule has 0 atom stereocenters. The van der Waals surface area contributed by atoms with Crippen molar-refractivity contribution < 1.29 is 8.78 Å². The van der Waals surface area contributed by atoms with Crippen LogP contribution in [0.1, 0.15) is 38.2 Å². The number of hydrogen-bond acceptors (Lipinski definition) is 1. The Morgan fingerprint density at radius 3 is 2.26 bits per heavy atom. The van der Waals surface area contributed by atoms with Gasteiger partial charge in [0.05, 0.1) is 0 Å². The Morgan fingerprint density at radius 2 is 1.74 bits per heavy atom. The highest BCUT2D eigenvalue weighted by Gasteiger charge is 2.43. The van der Waals surface area contributed by atoms with Gasteiger partial charge in [-0.25, -0.2) is 8.78 Å². The Balaban J connectivity index is 2.20. The Hall–Kier alpha value is -1.22. The summed E-state index contributed by atoms with van der Waals surface area (Å²) in [6.45, 7) is 2.46. The highest BCUT2D eigenvalue weighted by molar-refractivity contribution is 5.53. The fraction of sp³-hybridized carbons (Fsp3) is 0.500. The molecule has 0 spiro atoms. The van der Waals surface area contributed by atoms with Gasteiger partial charge in [0, 0.05) is 24.8 Å². The fourth-order valence-electron chi connectivity index (χ4n) is 2.81. The van der Waals surface area contributed by atoms with Gasteiger partial charge in [0.1, 0.15) is 0 Å². The van der Waals surface area contributed by atoms with Crippen molar-refractivity contribution in [1.29, 1.82) is 0 Å². The van der Waals surface area contributed by atoms with Gasteiger partial charge in [0.2, 0.25) is 5.92 Å². The van der Waals surface area contributed by atoms with Gasteiger partial charge in [-0.1, -0.05) is 42.0 Å². The number of alkyl halides is 2. The first-order chi connectivity index (χ1) is 8.97. The molecule has 0 bridgehead atoms. The molecule has 2 N–H and O–H groups in total. The van der Waals surface area contributed by atoms with E-state index in [9.17, 15) is 8.78 Å². The van der Waals surface area contributed by atoms with Crippen LogP contribution in [0, 0.1) is 5.41 Å². The van der Waals surface area contributed by atoms with E-state index in [1.807, 2.05) is 37.3 Å². The summed E-state index contributed by atoms with van der Waals surface area (Å²) in [6, 6.07) is 9.95. The van der Waals surface area contributed by atoms with Crippen molar-refractivity contribution in [1.82, 2.24) is 0 Å². The van der Waals surface area contributed by atoms with Gasteiger partial charge in [0.25, 0.3) is 0 Å². The third kappa shape index (κ3) is 3.21. The fourth-order valence-corrected chi connectivity index (χ4v) is 2.81. The molecule has 1 aromatic carbocycles. The number of benzene rings is 1. The van der Waals surface area contributed by atoms with Crippen LogP contribution in [0.2, 0.25) is 0 Å². The zero-order valence-electron chi connectivity index (χ0n) is 11.3. The van der Waals surface area contributed by atoms with Crippen LogP contribution in [0.25, 0.3) is 6.08 Å². The molecule has 0 aliphatic heterocycles. The predicted molar refractivity (Wildman–Crippen MR) is 75.0 cm³/mol. The lowest BCUT2D eigenvalue weighted by Gasteiger charge is -2.40. The van der Waals surface area contributed by atoms with Gasteiger partial charge < -0.3 is 5.73 Å². The predicted octanol–water partition coefficient (Wildman–Crippen LogP) is 4.24. The molecule has 1 aromatic rings. The zero-order chi connectivity index (χ0) is 13.9. The Bertz CT molecular complexity index is 441. The molecule has 104 valence electrons. The van der Waals surface area contributed by atoms with Crippen molar-refractivity contribution in [2.45, 2.75) is 38.5 Å². The molecule has 19 heavy (non-hydrogen) atoms. The summed E-state index contributed by atoms with van der Waals surface area (Å²) < 4.78 is 26.6. The van der Waals surface area contributed by atoms with Crippen molar-refractivity contribution in [3.05, 3.63) is 41.5 Å². The van der Waals surface area contributed by atoms with Crippen molar-refractivity contribution in [2.24, 2.45) is 11.1 Å². The quantitative estimate of drug-likeness (QED) is 0.869. The van der Waals surface area contributed by atoms with E-state index in [0.29, 0.717) is 19.4 Å². The summed E-state index contributed by atoms with van der Waals surface area (Å²) in [5, 5.41) is 0. The molecule has 0 radical (unpaired) electrons. The van der Waals surface area contributed by atoms with Crippen molar-refractivity contribution in [3.8, 4) is 0 Å². The maximum Gasteiger partial charge on any atom is 0.248 e. The average molecular weight is 265 g/mol. The lowest BCUT2D eigenvalue weighted by Crippen LogP contribution is -2.39. The molecule has 0 amide bonds. The second-order valence-corrected chi connectivity index (χ2v) is 5.58. The summed E-state index contributed by atoms with van der Waals surface area (Å²) in [4.78, 5) is 0. The summed E-state index contributed by atoms with van der Waals surface area (Å²) in [6.07, 6.45) is 2.93. The van der Waals surface area contributed by atoms with E-state index in [2.05, 4.69) is 6.08 Å². The van der Waals surface area contributed by atoms with E-state index in [-0.39, 0.29) is 18.3 Å². The SMILES string of the molecule is C/C(=C/c1ccccc1)C1(CN)CCC(F)(F)CC1. The molecule has 0 unspecified atom stereocenters. The Labute approximate surface area is 113 Å². The van der Waals surface area contributed by atoms with Crippen LogP contribution in [0.15, 0.2) is 35.9 Å². The molecule has 0 saturated heterocycles. The number of nitrogens with two attached hydrogens (primary N) is 1. The number of hydrogen-bond donors (Lipinski definition) is 1. The topological polar surface area (TPSA) is 26.0 Å². The first kappa shape index (κ1) is 14.2. The standard InChI is InChI=1S/C16H21F2N/c1-13(11-14-5-3-2-4-6-14)15(12-19)7-9-16(17,18)10-8-15/h2-6,11H,7-10,12,19H2,1H3/b13-11-. The third-order valence-corrected chi connectivity index (χ3v) is 4.35. The molecule has 1 fully saturated rings. The summed E-state index contributed by atoms with van der Waals surface area (Å²) in [5.41, 5.74) is 7.87. The van der Waals surface area contributed by atoms with E-state index < -0.39 is 5.92 Å². The highest BCUT2D eigenvalue weighted by atomic mass is 19.3. The minimum Gasteiger partial charge on any atom is -0.330 e. The molecule has 3 heteroatoms. The Kier molecular flexibility index (Phi) is 4.04. The van der Waals surface area contributed by atoms with Crippen LogP contribution >= 0.6 is 0 Å². The molecule has 1 aliphatic rings. The van der Waals surface area contributed by atoms with Crippen LogP contribution < -0.4 is 5.73 Å². The molecule has 1 aliphatic carbocycles. The second-order valence-electron chi connectivity index (χ2n) is 5.58. The maximum atomic E-state index is 13.3. The van der Waals surface area contributed by atoms with E-state index in [4.69, 9.17) is 5.73 Å². The van der Waals surface area contributed by atoms with Crippen LogP contribution in [-0.4, -0.2) is 12.5 Å². The summed E-state index contributed by atoms with van der Waals surface area (Å²) in [5.74, 6) is -2.51. The van der Waals surface area contributed by atoms with Gasteiger partial charge in [0.15, 0.2) is 0 Å². The lowest BCUT2D eigenvalue weighted by molar-refractivity contribution is -0.0579. The van der Waals surface area contributed by atoms with Gasteiger partial charge in [-0.15, -0.1) is 0 Å². The molecule has 0 heterocycles. The van der Waals surface area contributed by atoms with Crippen molar-refractivity contribution >= 4 is 6.08 Å². The summed E-state index contributed by atoms with van der Waals surface area (Å²) >= 11 is 0. The first-order valence-electron chi connectivity index (χ1n) is 6.79. The first-order valence-corrected chi connectivity index (χ1v) is 6.79. The second kappa shape index (κ2) is 5.41. The van der Waals surface area contributed by atoms with E-state index in [1.165, 1.54) is 0 Å². The van der Waals surface area contributed by atoms with Crippen molar-refractivity contribution in [2.75, 3.05) is 6.54 Å². The molecular weight excluding hydrogens is 244 g/mol. The van der Waals surface area contributed by atoms with Crippen LogP contribution in [-0.2, 0) is 0 Å². The molecule has 1 saturated carbocycles. The normalized spacial score (nSPS) is 22.2. The van der Waals surface area contributed by atoms with Gasteiger partial charge in [-0.3, -0.25) is 0 Å². The molecule has 1 nitrogen and oxygen atoms in total. The minimum absolute atomic E-state index is 0.0514. The Morgan fingerprint density at radius 1 is 1.16 bits per heavy atom. The smallest absolute Gasteiger partial charge is 0.248 e.